The zero-order valence-electron chi connectivity index (χ0n) is 12.9. The van der Waals surface area contributed by atoms with E-state index in [0.29, 0.717) is 10.8 Å². The van der Waals surface area contributed by atoms with Crippen molar-refractivity contribution in [3.05, 3.63) is 83.9 Å². The predicted octanol–water partition coefficient (Wildman–Crippen LogP) is 5.74. The van der Waals surface area contributed by atoms with Crippen molar-refractivity contribution in [3.63, 3.8) is 0 Å². The van der Waals surface area contributed by atoms with Gasteiger partial charge in [0.05, 0.1) is 10.8 Å². The highest BCUT2D eigenvalue weighted by Gasteiger charge is 2.09. The molecule has 0 aliphatic carbocycles. The van der Waals surface area contributed by atoms with Gasteiger partial charge in [0.15, 0.2) is 0 Å². The Morgan fingerprint density at radius 2 is 1.54 bits per heavy atom. The summed E-state index contributed by atoms with van der Waals surface area (Å²) in [6.07, 6.45) is 0. The number of benzene rings is 3. The minimum atomic E-state index is -0.0525. The van der Waals surface area contributed by atoms with Crippen LogP contribution in [0, 0.1) is 0 Å². The van der Waals surface area contributed by atoms with Crippen LogP contribution < -0.4 is 5.32 Å². The molecule has 0 aliphatic heterocycles. The Morgan fingerprint density at radius 1 is 0.875 bits per heavy atom. The van der Waals surface area contributed by atoms with Gasteiger partial charge >= 0.3 is 0 Å². The predicted molar refractivity (Wildman–Crippen MR) is 103 cm³/mol. The molecule has 3 rings (SSSR count). The number of anilines is 1. The number of halogens is 1. The molecule has 120 valence electrons. The van der Waals surface area contributed by atoms with Gasteiger partial charge in [-0.3, -0.25) is 4.79 Å². The Balaban J connectivity index is 1.70. The third-order valence-electron chi connectivity index (χ3n) is 3.48. The Kier molecular flexibility index (Phi) is 5.57. The second-order valence-corrected chi connectivity index (χ2v) is 6.60. The van der Waals surface area contributed by atoms with Gasteiger partial charge < -0.3 is 5.32 Å². The van der Waals surface area contributed by atoms with E-state index in [1.807, 2.05) is 78.9 Å². The zero-order chi connectivity index (χ0) is 16.8. The molecular weight excluding hydrogens is 338 g/mol. The van der Waals surface area contributed by atoms with Crippen molar-refractivity contribution in [1.29, 1.82) is 0 Å². The fraction of sp³-hybridized carbons (Fsp3) is 0.0500. The summed E-state index contributed by atoms with van der Waals surface area (Å²) in [5.74, 6) is 0.260. The lowest BCUT2D eigenvalue weighted by Crippen LogP contribution is -2.14. The van der Waals surface area contributed by atoms with Crippen molar-refractivity contribution >= 4 is 35.0 Å². The monoisotopic (exact) mass is 353 g/mol. The first-order valence-electron chi connectivity index (χ1n) is 7.55. The number of carbonyl (C=O) groups is 1. The lowest BCUT2D eigenvalue weighted by molar-refractivity contribution is -0.113. The van der Waals surface area contributed by atoms with Gasteiger partial charge in [0.25, 0.3) is 0 Å². The van der Waals surface area contributed by atoms with Crippen molar-refractivity contribution in [2.75, 3.05) is 11.1 Å². The van der Waals surface area contributed by atoms with Crippen LogP contribution >= 0.6 is 23.4 Å². The molecule has 0 atom stereocenters. The zero-order valence-corrected chi connectivity index (χ0v) is 14.5. The Bertz CT molecular complexity index is 836. The van der Waals surface area contributed by atoms with Crippen LogP contribution in [-0.4, -0.2) is 11.7 Å². The number of rotatable bonds is 5. The Hall–Kier alpha value is -2.23. The molecule has 2 nitrogen and oxygen atoms in total. The Labute approximate surface area is 150 Å². The van der Waals surface area contributed by atoms with Crippen molar-refractivity contribution in [3.8, 4) is 11.1 Å². The molecule has 0 saturated heterocycles. The molecular formula is C20H16ClNOS. The maximum absolute atomic E-state index is 12.3. The van der Waals surface area contributed by atoms with E-state index in [9.17, 15) is 4.79 Å². The average molecular weight is 354 g/mol. The number of para-hydroxylation sites is 1. The summed E-state index contributed by atoms with van der Waals surface area (Å²) in [6, 6.07) is 25.4. The molecule has 1 amide bonds. The molecule has 0 spiro atoms. The van der Waals surface area contributed by atoms with Gasteiger partial charge in [0.1, 0.15) is 0 Å². The lowest BCUT2D eigenvalue weighted by Gasteiger charge is -2.11. The highest BCUT2D eigenvalue weighted by atomic mass is 35.5. The average Bonchev–Trinajstić information content (AvgIpc) is 2.62. The molecule has 0 fully saturated rings. The fourth-order valence-corrected chi connectivity index (χ4v) is 3.39. The summed E-state index contributed by atoms with van der Waals surface area (Å²) in [4.78, 5) is 13.2. The first kappa shape index (κ1) is 16.6. The van der Waals surface area contributed by atoms with E-state index in [-0.39, 0.29) is 5.91 Å². The second kappa shape index (κ2) is 8.04. The summed E-state index contributed by atoms with van der Waals surface area (Å²) in [7, 11) is 0. The molecule has 0 aromatic heterocycles. The van der Waals surface area contributed by atoms with Gasteiger partial charge in [-0.2, -0.15) is 0 Å². The van der Waals surface area contributed by atoms with Crippen molar-refractivity contribution in [2.45, 2.75) is 4.90 Å². The van der Waals surface area contributed by atoms with E-state index in [0.717, 1.165) is 21.7 Å². The van der Waals surface area contributed by atoms with E-state index in [2.05, 4.69) is 5.32 Å². The van der Waals surface area contributed by atoms with Gasteiger partial charge in [-0.15, -0.1) is 11.8 Å². The smallest absolute Gasteiger partial charge is 0.234 e. The topological polar surface area (TPSA) is 29.1 Å². The van der Waals surface area contributed by atoms with Crippen LogP contribution in [0.5, 0.6) is 0 Å². The molecule has 0 heterocycles. The number of hydrogen-bond acceptors (Lipinski definition) is 2. The van der Waals surface area contributed by atoms with Gasteiger partial charge in [-0.1, -0.05) is 72.3 Å². The summed E-state index contributed by atoms with van der Waals surface area (Å²) < 4.78 is 0. The summed E-state index contributed by atoms with van der Waals surface area (Å²) in [5.41, 5.74) is 2.90. The van der Waals surface area contributed by atoms with E-state index in [1.54, 1.807) is 0 Å². The molecule has 0 unspecified atom stereocenters. The minimum Gasteiger partial charge on any atom is -0.325 e. The number of hydrogen-bond donors (Lipinski definition) is 1. The Morgan fingerprint density at radius 3 is 2.33 bits per heavy atom. The summed E-state index contributed by atoms with van der Waals surface area (Å²) in [6.45, 7) is 0. The van der Waals surface area contributed by atoms with Crippen LogP contribution in [0.3, 0.4) is 0 Å². The normalized spacial score (nSPS) is 10.4. The quantitative estimate of drug-likeness (QED) is 0.593. The molecule has 0 aliphatic rings. The molecule has 24 heavy (non-hydrogen) atoms. The lowest BCUT2D eigenvalue weighted by atomic mass is 10.0. The summed E-state index contributed by atoms with van der Waals surface area (Å²) in [5, 5.41) is 3.66. The van der Waals surface area contributed by atoms with E-state index in [4.69, 9.17) is 11.6 Å². The SMILES string of the molecule is O=C(CSc1ccccc1Cl)Nc1ccccc1-c1ccccc1. The maximum atomic E-state index is 12.3. The number of carbonyl (C=O) groups excluding carboxylic acids is 1. The number of thioether (sulfide) groups is 1. The van der Waals surface area contributed by atoms with Crippen molar-refractivity contribution in [2.24, 2.45) is 0 Å². The van der Waals surface area contributed by atoms with Gasteiger partial charge in [0.2, 0.25) is 5.91 Å². The molecule has 0 bridgehead atoms. The van der Waals surface area contributed by atoms with Gasteiger partial charge in [-0.25, -0.2) is 0 Å². The second-order valence-electron chi connectivity index (χ2n) is 5.18. The standard InChI is InChI=1S/C20H16ClNOS/c21-17-11-5-7-13-19(17)24-14-20(23)22-18-12-6-4-10-16(18)15-8-2-1-3-9-15/h1-13H,14H2,(H,22,23). The van der Waals surface area contributed by atoms with E-state index >= 15 is 0 Å². The molecule has 0 saturated carbocycles. The molecule has 1 N–H and O–H groups in total. The first-order valence-corrected chi connectivity index (χ1v) is 8.92. The van der Waals surface area contributed by atoms with Crippen LogP contribution in [0.25, 0.3) is 11.1 Å². The molecule has 3 aromatic rings. The maximum Gasteiger partial charge on any atom is 0.234 e. The number of amides is 1. The van der Waals surface area contributed by atoms with Crippen molar-refractivity contribution < 1.29 is 4.79 Å². The van der Waals surface area contributed by atoms with Crippen molar-refractivity contribution in [1.82, 2.24) is 0 Å². The summed E-state index contributed by atoms with van der Waals surface area (Å²) >= 11 is 7.55. The van der Waals surface area contributed by atoms with Gasteiger partial charge in [0, 0.05) is 16.1 Å². The van der Waals surface area contributed by atoms with E-state index in [1.165, 1.54) is 11.8 Å². The minimum absolute atomic E-state index is 0.0525. The first-order chi connectivity index (χ1) is 11.7. The molecule has 3 aromatic carbocycles. The van der Waals surface area contributed by atoms with E-state index < -0.39 is 0 Å². The highest BCUT2D eigenvalue weighted by Crippen LogP contribution is 2.29. The highest BCUT2D eigenvalue weighted by molar-refractivity contribution is 8.00. The largest absolute Gasteiger partial charge is 0.325 e. The van der Waals surface area contributed by atoms with Crippen LogP contribution in [-0.2, 0) is 4.79 Å². The van der Waals surface area contributed by atoms with Crippen LogP contribution in [0.2, 0.25) is 5.02 Å². The van der Waals surface area contributed by atoms with Crippen LogP contribution in [0.15, 0.2) is 83.8 Å². The molecule has 0 radical (unpaired) electrons. The number of nitrogens with one attached hydrogen (secondary N) is 1. The van der Waals surface area contributed by atoms with Gasteiger partial charge in [-0.05, 0) is 23.8 Å². The third kappa shape index (κ3) is 4.19. The molecule has 4 heteroatoms. The van der Waals surface area contributed by atoms with Crippen LogP contribution in [0.4, 0.5) is 5.69 Å². The van der Waals surface area contributed by atoms with Crippen LogP contribution in [0.1, 0.15) is 0 Å². The third-order valence-corrected chi connectivity index (χ3v) is 5.00. The fourth-order valence-electron chi connectivity index (χ4n) is 2.35.